The third kappa shape index (κ3) is 4.93. The van der Waals surface area contributed by atoms with Crippen molar-refractivity contribution in [2.75, 3.05) is 30.0 Å². The van der Waals surface area contributed by atoms with Crippen molar-refractivity contribution in [3.8, 4) is 0 Å². The number of halogens is 2. The van der Waals surface area contributed by atoms with Crippen LogP contribution in [0, 0.1) is 0 Å². The molecule has 1 aromatic heterocycles. The monoisotopic (exact) mass is 468 g/mol. The van der Waals surface area contributed by atoms with Crippen molar-refractivity contribution >= 4 is 78.8 Å². The van der Waals surface area contributed by atoms with Crippen LogP contribution < -0.4 is 16.0 Å². The Morgan fingerprint density at radius 2 is 1.82 bits per heavy atom. The molecule has 1 aliphatic heterocycles. The van der Waals surface area contributed by atoms with Crippen LogP contribution in [0.1, 0.15) is 19.8 Å². The van der Waals surface area contributed by atoms with E-state index in [2.05, 4.69) is 20.9 Å². The van der Waals surface area contributed by atoms with Crippen LogP contribution in [0.2, 0.25) is 0 Å². The van der Waals surface area contributed by atoms with E-state index < -0.39 is 20.5 Å². The van der Waals surface area contributed by atoms with Crippen molar-refractivity contribution in [3.05, 3.63) is 18.2 Å². The van der Waals surface area contributed by atoms with Gasteiger partial charge in [0.15, 0.2) is 19.7 Å². The summed E-state index contributed by atoms with van der Waals surface area (Å²) >= 11 is 1.28. The van der Waals surface area contributed by atoms with Gasteiger partial charge in [-0.15, -0.1) is 24.8 Å². The Morgan fingerprint density at radius 1 is 1.18 bits per heavy atom. The molecule has 28 heavy (non-hydrogen) atoms. The minimum atomic E-state index is -3.57. The van der Waals surface area contributed by atoms with Crippen molar-refractivity contribution in [2.24, 2.45) is 0 Å². The summed E-state index contributed by atoms with van der Waals surface area (Å²) in [5.41, 5.74) is 1.19. The van der Waals surface area contributed by atoms with E-state index in [0.717, 1.165) is 11.0 Å². The molecule has 0 unspecified atom stereocenters. The Labute approximate surface area is 179 Å². The normalized spacial score (nSPS) is 15.8. The Morgan fingerprint density at radius 3 is 2.39 bits per heavy atom. The number of hydrogen-bond acceptors (Lipinski definition) is 7. The number of carbonyl (C=O) groups is 2. The summed E-state index contributed by atoms with van der Waals surface area (Å²) in [4.78, 5) is 28.3. The average Bonchev–Trinajstić information content (AvgIpc) is 2.95. The lowest BCUT2D eigenvalue weighted by molar-refractivity contribution is -0.119. The van der Waals surface area contributed by atoms with Gasteiger partial charge >= 0.3 is 0 Å². The van der Waals surface area contributed by atoms with E-state index in [1.165, 1.54) is 18.3 Å². The summed E-state index contributed by atoms with van der Waals surface area (Å²) in [5.74, 6) is -0.717. The van der Waals surface area contributed by atoms with Crippen molar-refractivity contribution in [2.45, 2.75) is 24.5 Å². The van der Waals surface area contributed by atoms with Crippen LogP contribution >= 0.6 is 36.2 Å². The number of benzene rings is 1. The molecule has 2 amide bonds. The fourth-order valence-electron chi connectivity index (χ4n) is 3.05. The first-order valence-corrected chi connectivity index (χ1v) is 10.8. The molecule has 1 saturated heterocycles. The molecule has 2 aromatic rings. The molecule has 2 heterocycles. The number of anilines is 2. The first-order valence-electron chi connectivity index (χ1n) is 8.11. The molecule has 0 radical (unpaired) electrons. The molecule has 1 aromatic carbocycles. The van der Waals surface area contributed by atoms with Gasteiger partial charge in [-0.05, 0) is 44.1 Å². The zero-order valence-electron chi connectivity index (χ0n) is 15.3. The van der Waals surface area contributed by atoms with E-state index in [0.29, 0.717) is 29.4 Å². The average molecular weight is 469 g/mol. The molecule has 12 heteroatoms. The van der Waals surface area contributed by atoms with Gasteiger partial charge in [0.25, 0.3) is 0 Å². The minimum Gasteiger partial charge on any atom is -0.325 e. The SMILES string of the molecule is CC(=O)Nc1nc2ccc(NC(=O)C3(S(C)(=O)=O)CCNCC3)cc2s1.Cl.Cl. The molecular weight excluding hydrogens is 447 g/mol. The number of sulfone groups is 1. The number of hydrogen-bond donors (Lipinski definition) is 3. The van der Waals surface area contributed by atoms with E-state index in [9.17, 15) is 18.0 Å². The van der Waals surface area contributed by atoms with Crippen molar-refractivity contribution in [1.29, 1.82) is 0 Å². The van der Waals surface area contributed by atoms with Gasteiger partial charge in [-0.25, -0.2) is 13.4 Å². The summed E-state index contributed by atoms with van der Waals surface area (Å²) in [7, 11) is -3.57. The zero-order chi connectivity index (χ0) is 18.9. The summed E-state index contributed by atoms with van der Waals surface area (Å²) < 4.78 is 24.0. The smallest absolute Gasteiger partial charge is 0.245 e. The maximum Gasteiger partial charge on any atom is 0.245 e. The van der Waals surface area contributed by atoms with Gasteiger partial charge < -0.3 is 16.0 Å². The summed E-state index contributed by atoms with van der Waals surface area (Å²) in [6.07, 6.45) is 1.60. The predicted octanol–water partition coefficient (Wildman–Crippen LogP) is 2.20. The Balaban J connectivity index is 0.00000196. The topological polar surface area (TPSA) is 117 Å². The molecule has 0 atom stereocenters. The fourth-order valence-corrected chi connectivity index (χ4v) is 5.33. The molecule has 0 bridgehead atoms. The van der Waals surface area contributed by atoms with Crippen LogP contribution in [0.25, 0.3) is 10.2 Å². The number of piperidine rings is 1. The second-order valence-corrected chi connectivity index (χ2v) is 9.71. The van der Waals surface area contributed by atoms with Gasteiger partial charge in [-0.3, -0.25) is 9.59 Å². The molecule has 0 spiro atoms. The highest BCUT2D eigenvalue weighted by molar-refractivity contribution is 7.92. The molecular formula is C16H22Cl2N4O4S2. The third-order valence-electron chi connectivity index (χ3n) is 4.46. The number of rotatable bonds is 4. The van der Waals surface area contributed by atoms with Crippen LogP contribution in [0.5, 0.6) is 0 Å². The largest absolute Gasteiger partial charge is 0.325 e. The lowest BCUT2D eigenvalue weighted by Gasteiger charge is -2.34. The first kappa shape index (κ1) is 24.6. The van der Waals surface area contributed by atoms with Crippen LogP contribution in [0.15, 0.2) is 18.2 Å². The molecule has 0 saturated carbocycles. The number of carbonyl (C=O) groups excluding carboxylic acids is 2. The van der Waals surface area contributed by atoms with Gasteiger partial charge in [0.05, 0.1) is 10.2 Å². The minimum absolute atomic E-state index is 0. The van der Waals surface area contributed by atoms with E-state index in [1.807, 2.05) is 0 Å². The van der Waals surface area contributed by atoms with E-state index in [-0.39, 0.29) is 43.6 Å². The first-order chi connectivity index (χ1) is 12.2. The summed E-state index contributed by atoms with van der Waals surface area (Å²) in [6, 6.07) is 5.13. The number of nitrogens with zero attached hydrogens (tertiary/aromatic N) is 1. The number of fused-ring (bicyclic) bond motifs is 1. The van der Waals surface area contributed by atoms with Crippen molar-refractivity contribution < 1.29 is 18.0 Å². The number of amides is 2. The highest BCUT2D eigenvalue weighted by atomic mass is 35.5. The van der Waals surface area contributed by atoms with Gasteiger partial charge in [0, 0.05) is 18.9 Å². The zero-order valence-corrected chi connectivity index (χ0v) is 18.5. The molecule has 156 valence electrons. The second-order valence-electron chi connectivity index (χ2n) is 6.35. The summed E-state index contributed by atoms with van der Waals surface area (Å²) in [6.45, 7) is 2.37. The van der Waals surface area contributed by atoms with Crippen molar-refractivity contribution in [1.82, 2.24) is 10.3 Å². The molecule has 0 aliphatic carbocycles. The lowest BCUT2D eigenvalue weighted by Crippen LogP contribution is -2.55. The van der Waals surface area contributed by atoms with Gasteiger partial charge in [-0.2, -0.15) is 0 Å². The maximum atomic E-state index is 12.8. The van der Waals surface area contributed by atoms with Crippen LogP contribution in [0.4, 0.5) is 10.8 Å². The number of nitrogens with one attached hydrogen (secondary N) is 3. The van der Waals surface area contributed by atoms with Crippen LogP contribution in [-0.4, -0.2) is 49.3 Å². The predicted molar refractivity (Wildman–Crippen MR) is 117 cm³/mol. The maximum absolute atomic E-state index is 12.8. The van der Waals surface area contributed by atoms with Gasteiger partial charge in [-0.1, -0.05) is 11.3 Å². The standard InChI is InChI=1S/C16H20N4O4S2.2ClH/c1-10(21)18-15-20-12-4-3-11(9-13(12)25-15)19-14(22)16(26(2,23)24)5-7-17-8-6-16;;/h3-4,9,17H,5-8H2,1-2H3,(H,19,22)(H,18,20,21);2*1H. The third-order valence-corrected chi connectivity index (χ3v) is 7.41. The Bertz CT molecular complexity index is 972. The molecule has 3 rings (SSSR count). The molecule has 1 fully saturated rings. The van der Waals surface area contributed by atoms with Gasteiger partial charge in [0.2, 0.25) is 11.8 Å². The van der Waals surface area contributed by atoms with E-state index in [4.69, 9.17) is 0 Å². The molecule has 3 N–H and O–H groups in total. The highest BCUT2D eigenvalue weighted by Gasteiger charge is 2.48. The quantitative estimate of drug-likeness (QED) is 0.632. The van der Waals surface area contributed by atoms with Crippen LogP contribution in [0.3, 0.4) is 0 Å². The van der Waals surface area contributed by atoms with Gasteiger partial charge in [0.1, 0.15) is 0 Å². The second kappa shape index (κ2) is 9.36. The number of aromatic nitrogens is 1. The Kier molecular flexibility index (Phi) is 8.21. The fraction of sp³-hybridized carbons (Fsp3) is 0.438. The van der Waals surface area contributed by atoms with Crippen LogP contribution in [-0.2, 0) is 19.4 Å². The number of thiazole rings is 1. The lowest BCUT2D eigenvalue weighted by atomic mass is 9.95. The molecule has 8 nitrogen and oxygen atoms in total. The van der Waals surface area contributed by atoms with Crippen molar-refractivity contribution in [3.63, 3.8) is 0 Å². The van der Waals surface area contributed by atoms with E-state index in [1.54, 1.807) is 18.2 Å². The van der Waals surface area contributed by atoms with E-state index >= 15 is 0 Å². The summed E-state index contributed by atoms with van der Waals surface area (Å²) in [5, 5.41) is 8.94. The molecule has 1 aliphatic rings. The Hall–Kier alpha value is -1.46. The highest BCUT2D eigenvalue weighted by Crippen LogP contribution is 2.32.